The SMILES string of the molecule is O=c1[nH]c(=O)n([C@@H]2O[C@H](CO)[C@@H](O)[C@H]2O)cc1O.c1cncnc1. The van der Waals surface area contributed by atoms with Crippen LogP contribution in [0.2, 0.25) is 0 Å². The Morgan fingerprint density at radius 2 is 1.88 bits per heavy atom. The first kappa shape index (κ1) is 17.7. The first-order chi connectivity index (χ1) is 11.5. The number of H-pyrrole nitrogens is 1. The van der Waals surface area contributed by atoms with Crippen LogP contribution in [0.3, 0.4) is 0 Å². The largest absolute Gasteiger partial charge is 0.502 e. The van der Waals surface area contributed by atoms with Gasteiger partial charge in [-0.3, -0.25) is 14.3 Å². The van der Waals surface area contributed by atoms with Crippen LogP contribution in [-0.4, -0.2) is 64.9 Å². The first-order valence-corrected chi connectivity index (χ1v) is 6.82. The van der Waals surface area contributed by atoms with Crippen molar-refractivity contribution < 1.29 is 25.2 Å². The third-order valence-corrected chi connectivity index (χ3v) is 3.22. The summed E-state index contributed by atoms with van der Waals surface area (Å²) in [7, 11) is 0. The summed E-state index contributed by atoms with van der Waals surface area (Å²) in [6, 6.07) is 1.78. The van der Waals surface area contributed by atoms with Crippen molar-refractivity contribution in [2.75, 3.05) is 6.61 Å². The fourth-order valence-corrected chi connectivity index (χ4v) is 2.03. The number of nitrogens with one attached hydrogen (secondary N) is 1. The molecule has 5 N–H and O–H groups in total. The number of aromatic amines is 1. The minimum Gasteiger partial charge on any atom is -0.502 e. The molecule has 0 amide bonds. The lowest BCUT2D eigenvalue weighted by atomic mass is 10.1. The van der Waals surface area contributed by atoms with E-state index in [9.17, 15) is 24.9 Å². The number of ether oxygens (including phenoxy) is 1. The van der Waals surface area contributed by atoms with Crippen LogP contribution in [0.1, 0.15) is 6.23 Å². The lowest BCUT2D eigenvalue weighted by Gasteiger charge is -2.16. The number of aromatic hydroxyl groups is 1. The molecule has 2 aromatic rings. The van der Waals surface area contributed by atoms with Crippen LogP contribution in [0.4, 0.5) is 0 Å². The molecule has 24 heavy (non-hydrogen) atoms. The van der Waals surface area contributed by atoms with Crippen molar-refractivity contribution in [3.63, 3.8) is 0 Å². The van der Waals surface area contributed by atoms with Crippen LogP contribution in [0, 0.1) is 0 Å². The molecule has 1 saturated heterocycles. The molecule has 0 unspecified atom stereocenters. The van der Waals surface area contributed by atoms with E-state index in [2.05, 4.69) is 9.97 Å². The molecule has 3 heterocycles. The molecule has 0 aromatic carbocycles. The number of hydrogen-bond donors (Lipinski definition) is 5. The Kier molecular flexibility index (Phi) is 5.76. The van der Waals surface area contributed by atoms with Gasteiger partial charge in [0.05, 0.1) is 12.8 Å². The van der Waals surface area contributed by atoms with Crippen molar-refractivity contribution in [3.05, 3.63) is 51.8 Å². The van der Waals surface area contributed by atoms with Gasteiger partial charge in [0.15, 0.2) is 12.0 Å². The van der Waals surface area contributed by atoms with Crippen LogP contribution in [0.15, 0.2) is 40.6 Å². The van der Waals surface area contributed by atoms with Crippen LogP contribution >= 0.6 is 0 Å². The summed E-state index contributed by atoms with van der Waals surface area (Å²) < 4.78 is 5.81. The molecule has 0 saturated carbocycles. The highest BCUT2D eigenvalue weighted by Gasteiger charge is 2.43. The average Bonchev–Trinajstić information content (AvgIpc) is 2.88. The van der Waals surface area contributed by atoms with E-state index < -0.39 is 48.1 Å². The van der Waals surface area contributed by atoms with Crippen molar-refractivity contribution in [1.82, 2.24) is 19.5 Å². The number of aromatic nitrogens is 4. The van der Waals surface area contributed by atoms with Crippen molar-refractivity contribution in [2.24, 2.45) is 0 Å². The predicted octanol–water partition coefficient (Wildman–Crippen LogP) is -2.67. The molecule has 3 rings (SSSR count). The Morgan fingerprint density at radius 3 is 2.33 bits per heavy atom. The normalized spacial score (nSPS) is 25.8. The second-order valence-corrected chi connectivity index (χ2v) is 4.81. The van der Waals surface area contributed by atoms with Crippen molar-refractivity contribution in [2.45, 2.75) is 24.5 Å². The third-order valence-electron chi connectivity index (χ3n) is 3.22. The standard InChI is InChI=1S/C9H12N2O7.C4H4N2/c12-2-4-5(14)6(15)8(18-4)11-1-3(13)7(16)10-9(11)17;1-2-5-4-6-3-1/h1,4-6,8,12-15H,2H2,(H,10,16,17);1-4H/t4-,5-,6-,8-;/m1./s1. The summed E-state index contributed by atoms with van der Waals surface area (Å²) in [6.07, 6.45) is 0.478. The molecule has 1 aliphatic rings. The maximum absolute atomic E-state index is 11.5. The van der Waals surface area contributed by atoms with Crippen molar-refractivity contribution in [3.8, 4) is 5.75 Å². The van der Waals surface area contributed by atoms with Crippen LogP contribution < -0.4 is 11.2 Å². The molecule has 0 spiro atoms. The zero-order chi connectivity index (χ0) is 17.7. The van der Waals surface area contributed by atoms with Gasteiger partial charge >= 0.3 is 5.69 Å². The summed E-state index contributed by atoms with van der Waals surface area (Å²) in [5.41, 5.74) is -1.88. The Morgan fingerprint density at radius 1 is 1.21 bits per heavy atom. The Hall–Kier alpha value is -2.60. The van der Waals surface area contributed by atoms with Gasteiger partial charge < -0.3 is 25.2 Å². The highest BCUT2D eigenvalue weighted by molar-refractivity contribution is 5.10. The molecule has 0 radical (unpaired) electrons. The fourth-order valence-electron chi connectivity index (χ4n) is 2.03. The molecule has 1 fully saturated rings. The number of aliphatic hydroxyl groups excluding tert-OH is 3. The minimum absolute atomic E-state index is 0.543. The second-order valence-electron chi connectivity index (χ2n) is 4.81. The van der Waals surface area contributed by atoms with E-state index in [1.54, 1.807) is 18.5 Å². The van der Waals surface area contributed by atoms with Gasteiger partial charge in [-0.1, -0.05) is 0 Å². The monoisotopic (exact) mass is 340 g/mol. The Bertz CT molecular complexity index is 736. The van der Waals surface area contributed by atoms with Gasteiger partial charge in [-0.05, 0) is 6.07 Å². The van der Waals surface area contributed by atoms with Gasteiger partial charge in [0, 0.05) is 12.4 Å². The van der Waals surface area contributed by atoms with Crippen molar-refractivity contribution in [1.29, 1.82) is 0 Å². The molecule has 0 bridgehead atoms. The van der Waals surface area contributed by atoms with E-state index >= 15 is 0 Å². The first-order valence-electron chi connectivity index (χ1n) is 6.82. The molecule has 11 heteroatoms. The molecule has 2 aromatic heterocycles. The van der Waals surface area contributed by atoms with Gasteiger partial charge in [-0.15, -0.1) is 0 Å². The molecule has 1 aliphatic heterocycles. The number of aliphatic hydroxyl groups is 3. The van der Waals surface area contributed by atoms with Crippen LogP contribution in [0.25, 0.3) is 0 Å². The molecule has 0 aliphatic carbocycles. The zero-order valence-electron chi connectivity index (χ0n) is 12.3. The maximum atomic E-state index is 11.5. The van der Waals surface area contributed by atoms with Gasteiger partial charge in [-0.25, -0.2) is 14.8 Å². The number of rotatable bonds is 2. The zero-order valence-corrected chi connectivity index (χ0v) is 12.3. The van der Waals surface area contributed by atoms with Gasteiger partial charge in [0.1, 0.15) is 24.6 Å². The van der Waals surface area contributed by atoms with E-state index in [1.807, 2.05) is 4.98 Å². The molecular formula is C13H16N4O7. The van der Waals surface area contributed by atoms with Gasteiger partial charge in [0.2, 0.25) is 0 Å². The van der Waals surface area contributed by atoms with Crippen LogP contribution in [-0.2, 0) is 4.74 Å². The number of nitrogens with zero attached hydrogens (tertiary/aromatic N) is 3. The quantitative estimate of drug-likeness (QED) is 0.391. The van der Waals surface area contributed by atoms with E-state index in [0.29, 0.717) is 0 Å². The highest BCUT2D eigenvalue weighted by atomic mass is 16.6. The molecule has 11 nitrogen and oxygen atoms in total. The van der Waals surface area contributed by atoms with Crippen LogP contribution in [0.5, 0.6) is 5.75 Å². The van der Waals surface area contributed by atoms with E-state index in [-0.39, 0.29) is 0 Å². The Labute approximate surface area is 134 Å². The van der Waals surface area contributed by atoms with Gasteiger partial charge in [-0.2, -0.15) is 0 Å². The highest BCUT2D eigenvalue weighted by Crippen LogP contribution is 2.28. The van der Waals surface area contributed by atoms with Gasteiger partial charge in [0.25, 0.3) is 5.56 Å². The third kappa shape index (κ3) is 3.83. The molecule has 130 valence electrons. The predicted molar refractivity (Wildman–Crippen MR) is 78.0 cm³/mol. The van der Waals surface area contributed by atoms with Crippen molar-refractivity contribution >= 4 is 0 Å². The summed E-state index contributed by atoms with van der Waals surface area (Å²) in [6.45, 7) is -0.543. The summed E-state index contributed by atoms with van der Waals surface area (Å²) in [5.74, 6) is -0.729. The summed E-state index contributed by atoms with van der Waals surface area (Å²) in [4.78, 5) is 31.6. The maximum Gasteiger partial charge on any atom is 0.330 e. The topological polar surface area (TPSA) is 171 Å². The summed E-state index contributed by atoms with van der Waals surface area (Å²) >= 11 is 0. The Balaban J connectivity index is 0.000000292. The van der Waals surface area contributed by atoms with E-state index in [4.69, 9.17) is 9.84 Å². The van der Waals surface area contributed by atoms with E-state index in [0.717, 1.165) is 10.8 Å². The lowest BCUT2D eigenvalue weighted by molar-refractivity contribution is -0.0552. The minimum atomic E-state index is -1.47. The smallest absolute Gasteiger partial charge is 0.330 e. The second kappa shape index (κ2) is 7.79. The molecular weight excluding hydrogens is 324 g/mol. The summed E-state index contributed by atoms with van der Waals surface area (Å²) in [5, 5.41) is 37.3. The molecule has 4 atom stereocenters. The number of hydrogen-bond acceptors (Lipinski definition) is 9. The van der Waals surface area contributed by atoms with E-state index in [1.165, 1.54) is 6.33 Å². The lowest BCUT2D eigenvalue weighted by Crippen LogP contribution is -2.37. The fraction of sp³-hybridized carbons (Fsp3) is 0.385. The average molecular weight is 340 g/mol.